The van der Waals surface area contributed by atoms with Gasteiger partial charge in [0.15, 0.2) is 5.65 Å². The zero-order chi connectivity index (χ0) is 12.1. The van der Waals surface area contributed by atoms with E-state index in [1.807, 2.05) is 12.1 Å². The number of pyridine rings is 1. The Morgan fingerprint density at radius 2 is 2.12 bits per heavy atom. The lowest BCUT2D eigenvalue weighted by Gasteiger charge is -2.13. The van der Waals surface area contributed by atoms with E-state index in [1.54, 1.807) is 19.5 Å². The van der Waals surface area contributed by atoms with Gasteiger partial charge < -0.3 is 10.1 Å². The molecular weight excluding hydrogens is 216 g/mol. The first-order valence-electron chi connectivity index (χ1n) is 5.63. The van der Waals surface area contributed by atoms with Crippen LogP contribution in [-0.2, 0) is 4.74 Å². The summed E-state index contributed by atoms with van der Waals surface area (Å²) in [6.45, 7) is 2.84. The van der Waals surface area contributed by atoms with Crippen LogP contribution in [0.4, 0.5) is 5.82 Å². The van der Waals surface area contributed by atoms with Gasteiger partial charge in [0, 0.05) is 32.2 Å². The normalized spacial score (nSPS) is 12.6. The highest BCUT2D eigenvalue weighted by atomic mass is 16.5. The third-order valence-corrected chi connectivity index (χ3v) is 2.48. The summed E-state index contributed by atoms with van der Waals surface area (Å²) in [5.74, 6) is 0.821. The number of nitrogens with one attached hydrogen (secondary N) is 1. The molecule has 90 valence electrons. The molecule has 0 spiro atoms. The van der Waals surface area contributed by atoms with Crippen molar-refractivity contribution in [3.8, 4) is 0 Å². The van der Waals surface area contributed by atoms with Crippen LogP contribution in [0.5, 0.6) is 0 Å². The monoisotopic (exact) mass is 232 g/mol. The van der Waals surface area contributed by atoms with E-state index >= 15 is 0 Å². The maximum atomic E-state index is 5.04. The Bertz CT molecular complexity index is 489. The molecule has 2 aromatic heterocycles. The molecule has 2 aromatic rings. The molecule has 0 aliphatic carbocycles. The van der Waals surface area contributed by atoms with Crippen LogP contribution in [-0.4, -0.2) is 34.7 Å². The number of fused-ring (bicyclic) bond motifs is 1. The van der Waals surface area contributed by atoms with Crippen molar-refractivity contribution in [1.29, 1.82) is 0 Å². The van der Waals surface area contributed by atoms with Crippen LogP contribution in [0.25, 0.3) is 11.2 Å². The molecule has 1 unspecified atom stereocenters. The van der Waals surface area contributed by atoms with Gasteiger partial charge in [-0.3, -0.25) is 4.98 Å². The van der Waals surface area contributed by atoms with Crippen LogP contribution >= 0.6 is 0 Å². The molecule has 0 fully saturated rings. The van der Waals surface area contributed by atoms with Crippen molar-refractivity contribution in [2.75, 3.05) is 19.0 Å². The topological polar surface area (TPSA) is 59.9 Å². The summed E-state index contributed by atoms with van der Waals surface area (Å²) in [5.41, 5.74) is 1.47. The molecule has 0 aliphatic heterocycles. The van der Waals surface area contributed by atoms with E-state index in [2.05, 4.69) is 27.2 Å². The van der Waals surface area contributed by atoms with Crippen molar-refractivity contribution in [3.05, 3.63) is 24.5 Å². The summed E-state index contributed by atoms with van der Waals surface area (Å²) >= 11 is 0. The molecular formula is C12H16N4O. The van der Waals surface area contributed by atoms with E-state index in [9.17, 15) is 0 Å². The third-order valence-electron chi connectivity index (χ3n) is 2.48. The number of rotatable bonds is 5. The molecule has 0 saturated carbocycles. The van der Waals surface area contributed by atoms with Crippen molar-refractivity contribution in [2.24, 2.45) is 0 Å². The summed E-state index contributed by atoms with van der Waals surface area (Å²) in [4.78, 5) is 12.7. The number of ether oxygens (including phenoxy) is 1. The van der Waals surface area contributed by atoms with E-state index in [1.165, 1.54) is 0 Å². The minimum Gasteiger partial charge on any atom is -0.385 e. The fourth-order valence-electron chi connectivity index (χ4n) is 1.55. The predicted molar refractivity (Wildman–Crippen MR) is 66.9 cm³/mol. The Balaban J connectivity index is 2.08. The van der Waals surface area contributed by atoms with Crippen molar-refractivity contribution in [3.63, 3.8) is 0 Å². The van der Waals surface area contributed by atoms with E-state index in [0.29, 0.717) is 11.7 Å². The lowest BCUT2D eigenvalue weighted by atomic mass is 10.2. The van der Waals surface area contributed by atoms with Gasteiger partial charge in [-0.2, -0.15) is 0 Å². The molecule has 0 bridgehead atoms. The highest BCUT2D eigenvalue weighted by molar-refractivity contribution is 5.71. The fraction of sp³-hybridized carbons (Fsp3) is 0.417. The number of aromatic nitrogens is 3. The van der Waals surface area contributed by atoms with Crippen molar-refractivity contribution >= 4 is 17.0 Å². The van der Waals surface area contributed by atoms with Crippen LogP contribution in [0.15, 0.2) is 24.5 Å². The SMILES string of the molecule is COCCC(C)Nc1ccc2nccnc2n1. The van der Waals surface area contributed by atoms with E-state index in [0.717, 1.165) is 24.4 Å². The summed E-state index contributed by atoms with van der Waals surface area (Å²) in [6, 6.07) is 4.15. The highest BCUT2D eigenvalue weighted by Gasteiger charge is 2.04. The van der Waals surface area contributed by atoms with Gasteiger partial charge in [0.1, 0.15) is 11.3 Å². The number of hydrogen-bond acceptors (Lipinski definition) is 5. The zero-order valence-electron chi connectivity index (χ0n) is 10.1. The average molecular weight is 232 g/mol. The molecule has 0 aliphatic rings. The molecule has 0 saturated heterocycles. The van der Waals surface area contributed by atoms with Gasteiger partial charge in [0.25, 0.3) is 0 Å². The van der Waals surface area contributed by atoms with Crippen LogP contribution in [0, 0.1) is 0 Å². The average Bonchev–Trinajstić information content (AvgIpc) is 2.36. The Kier molecular flexibility index (Phi) is 3.82. The van der Waals surface area contributed by atoms with Crippen molar-refractivity contribution in [2.45, 2.75) is 19.4 Å². The molecule has 5 heteroatoms. The zero-order valence-corrected chi connectivity index (χ0v) is 10.1. The van der Waals surface area contributed by atoms with Crippen LogP contribution in [0.1, 0.15) is 13.3 Å². The molecule has 2 rings (SSSR count). The maximum Gasteiger partial charge on any atom is 0.180 e. The first-order chi connectivity index (χ1) is 8.29. The molecule has 2 heterocycles. The van der Waals surface area contributed by atoms with Gasteiger partial charge in [-0.25, -0.2) is 9.97 Å². The van der Waals surface area contributed by atoms with Crippen LogP contribution in [0.2, 0.25) is 0 Å². The van der Waals surface area contributed by atoms with Crippen molar-refractivity contribution in [1.82, 2.24) is 15.0 Å². The Morgan fingerprint density at radius 3 is 2.94 bits per heavy atom. The molecule has 5 nitrogen and oxygen atoms in total. The fourth-order valence-corrected chi connectivity index (χ4v) is 1.55. The Labute approximate surface area is 100 Å². The molecule has 1 N–H and O–H groups in total. The first-order valence-corrected chi connectivity index (χ1v) is 5.63. The molecule has 0 radical (unpaired) electrons. The Morgan fingerprint density at radius 1 is 1.29 bits per heavy atom. The van der Waals surface area contributed by atoms with Crippen LogP contribution < -0.4 is 5.32 Å². The minimum absolute atomic E-state index is 0.316. The molecule has 1 atom stereocenters. The summed E-state index contributed by atoms with van der Waals surface area (Å²) in [7, 11) is 1.70. The number of nitrogens with zero attached hydrogens (tertiary/aromatic N) is 3. The maximum absolute atomic E-state index is 5.04. The van der Waals surface area contributed by atoms with Gasteiger partial charge >= 0.3 is 0 Å². The van der Waals surface area contributed by atoms with Gasteiger partial charge in [-0.05, 0) is 25.5 Å². The van der Waals surface area contributed by atoms with Gasteiger partial charge in [-0.1, -0.05) is 0 Å². The minimum atomic E-state index is 0.316. The first kappa shape index (κ1) is 11.7. The van der Waals surface area contributed by atoms with E-state index in [4.69, 9.17) is 4.74 Å². The molecule has 17 heavy (non-hydrogen) atoms. The summed E-state index contributed by atoms with van der Waals surface area (Å²) in [6.07, 6.45) is 4.25. The quantitative estimate of drug-likeness (QED) is 0.852. The number of methoxy groups -OCH3 is 1. The highest BCUT2D eigenvalue weighted by Crippen LogP contribution is 2.11. The second kappa shape index (κ2) is 5.54. The number of hydrogen-bond donors (Lipinski definition) is 1. The predicted octanol–water partition coefficient (Wildman–Crippen LogP) is 1.86. The molecule has 0 amide bonds. The standard InChI is InChI=1S/C12H16N4O/c1-9(5-8-17-2)15-11-4-3-10-12(16-11)14-7-6-13-10/h3-4,6-7,9H,5,8H2,1-2H3,(H,14,15,16). The van der Waals surface area contributed by atoms with Gasteiger partial charge in [0.05, 0.1) is 0 Å². The summed E-state index contributed by atoms with van der Waals surface area (Å²) < 4.78 is 5.04. The summed E-state index contributed by atoms with van der Waals surface area (Å²) in [5, 5.41) is 3.31. The van der Waals surface area contributed by atoms with Gasteiger partial charge in [0.2, 0.25) is 0 Å². The van der Waals surface area contributed by atoms with E-state index < -0.39 is 0 Å². The lowest BCUT2D eigenvalue weighted by Crippen LogP contribution is -2.17. The largest absolute Gasteiger partial charge is 0.385 e. The third kappa shape index (κ3) is 3.10. The number of anilines is 1. The lowest BCUT2D eigenvalue weighted by molar-refractivity contribution is 0.191. The van der Waals surface area contributed by atoms with Gasteiger partial charge in [-0.15, -0.1) is 0 Å². The van der Waals surface area contributed by atoms with E-state index in [-0.39, 0.29) is 0 Å². The smallest absolute Gasteiger partial charge is 0.180 e. The Hall–Kier alpha value is -1.75. The second-order valence-corrected chi connectivity index (χ2v) is 3.92. The van der Waals surface area contributed by atoms with Crippen molar-refractivity contribution < 1.29 is 4.74 Å². The van der Waals surface area contributed by atoms with Crippen LogP contribution in [0.3, 0.4) is 0 Å². The second-order valence-electron chi connectivity index (χ2n) is 3.92. The molecule has 0 aromatic carbocycles.